The number of morpholine rings is 1. The van der Waals surface area contributed by atoms with Crippen LogP contribution in [0, 0.1) is 0 Å². The number of carbonyl (C=O) groups excluding carboxylic acids is 2. The minimum Gasteiger partial charge on any atom is -0.379 e. The molecule has 2 aliphatic rings. The molecule has 2 aliphatic heterocycles. The zero-order valence-corrected chi connectivity index (χ0v) is 20.9. The Morgan fingerprint density at radius 2 is 1.81 bits per heavy atom. The fourth-order valence-corrected chi connectivity index (χ4v) is 5.06. The van der Waals surface area contributed by atoms with E-state index in [1.165, 1.54) is 0 Å². The van der Waals surface area contributed by atoms with Gasteiger partial charge in [-0.25, -0.2) is 4.68 Å². The normalized spacial score (nSPS) is 17.2. The van der Waals surface area contributed by atoms with Crippen molar-refractivity contribution in [2.45, 2.75) is 25.3 Å². The zero-order valence-electron chi connectivity index (χ0n) is 20.1. The molecule has 0 radical (unpaired) electrons. The molecule has 0 unspecified atom stereocenters. The Hall–Kier alpha value is -3.20. The van der Waals surface area contributed by atoms with E-state index in [0.29, 0.717) is 22.3 Å². The summed E-state index contributed by atoms with van der Waals surface area (Å²) in [6.07, 6.45) is 5.62. The van der Waals surface area contributed by atoms with Crippen LogP contribution in [0.2, 0.25) is 5.02 Å². The highest BCUT2D eigenvalue weighted by Crippen LogP contribution is 2.22. The van der Waals surface area contributed by atoms with Crippen molar-refractivity contribution in [2.75, 3.05) is 44.7 Å². The van der Waals surface area contributed by atoms with Gasteiger partial charge in [0.25, 0.3) is 5.91 Å². The first-order valence-electron chi connectivity index (χ1n) is 12.4. The molecule has 2 saturated heterocycles. The predicted molar refractivity (Wildman–Crippen MR) is 139 cm³/mol. The molecule has 1 N–H and O–H groups in total. The van der Waals surface area contributed by atoms with Crippen LogP contribution in [0.1, 0.15) is 28.8 Å². The molecule has 9 heteroatoms. The fraction of sp³-hybridized carbons (Fsp3) is 0.370. The molecule has 3 heterocycles. The Balaban J connectivity index is 1.19. The molecule has 2 fully saturated rings. The van der Waals surface area contributed by atoms with Crippen LogP contribution in [0.4, 0.5) is 5.69 Å². The Bertz CT molecular complexity index is 1220. The molecule has 8 nitrogen and oxygen atoms in total. The van der Waals surface area contributed by atoms with E-state index in [-0.39, 0.29) is 18.2 Å². The van der Waals surface area contributed by atoms with Crippen molar-refractivity contribution in [3.63, 3.8) is 0 Å². The first kappa shape index (κ1) is 24.5. The molecule has 0 saturated carbocycles. The molecule has 0 atom stereocenters. The zero-order chi connectivity index (χ0) is 24.9. The number of nitrogens with zero attached hydrogens (tertiary/aromatic N) is 4. The number of hydrogen-bond donors (Lipinski definition) is 1. The first-order valence-corrected chi connectivity index (χ1v) is 12.7. The van der Waals surface area contributed by atoms with E-state index in [1.807, 2.05) is 47.5 Å². The molecule has 2 amide bonds. The van der Waals surface area contributed by atoms with Gasteiger partial charge < -0.3 is 15.0 Å². The van der Waals surface area contributed by atoms with Gasteiger partial charge >= 0.3 is 0 Å². The van der Waals surface area contributed by atoms with E-state index in [0.717, 1.165) is 63.5 Å². The maximum atomic E-state index is 13.2. The van der Waals surface area contributed by atoms with E-state index < -0.39 is 0 Å². The molecule has 2 aromatic carbocycles. The lowest BCUT2D eigenvalue weighted by Crippen LogP contribution is -2.50. The summed E-state index contributed by atoms with van der Waals surface area (Å²) in [7, 11) is 0. The van der Waals surface area contributed by atoms with Crippen LogP contribution in [0.5, 0.6) is 0 Å². The summed E-state index contributed by atoms with van der Waals surface area (Å²) >= 11 is 6.13. The quantitative estimate of drug-likeness (QED) is 0.551. The third-order valence-corrected chi connectivity index (χ3v) is 7.15. The van der Waals surface area contributed by atoms with Crippen LogP contribution >= 0.6 is 11.6 Å². The molecule has 0 bridgehead atoms. The summed E-state index contributed by atoms with van der Waals surface area (Å²) in [5, 5.41) is 7.73. The van der Waals surface area contributed by atoms with Crippen LogP contribution in [0.3, 0.4) is 0 Å². The van der Waals surface area contributed by atoms with E-state index in [2.05, 4.69) is 15.3 Å². The highest BCUT2D eigenvalue weighted by molar-refractivity contribution is 6.33. The number of piperidine rings is 1. The monoisotopic (exact) mass is 507 g/mol. The molecule has 3 aromatic rings. The lowest BCUT2D eigenvalue weighted by molar-refractivity contribution is -0.115. The van der Waals surface area contributed by atoms with Crippen LogP contribution in [0.15, 0.2) is 60.9 Å². The third kappa shape index (κ3) is 5.78. The smallest absolute Gasteiger partial charge is 0.253 e. The number of rotatable bonds is 6. The average molecular weight is 508 g/mol. The van der Waals surface area contributed by atoms with Gasteiger partial charge in [0.2, 0.25) is 5.91 Å². The van der Waals surface area contributed by atoms with Gasteiger partial charge in [-0.05, 0) is 48.7 Å². The van der Waals surface area contributed by atoms with Crippen molar-refractivity contribution in [2.24, 2.45) is 0 Å². The van der Waals surface area contributed by atoms with Gasteiger partial charge in [-0.1, -0.05) is 29.8 Å². The average Bonchev–Trinajstić information content (AvgIpc) is 3.38. The lowest BCUT2D eigenvalue weighted by atomic mass is 10.0. The number of amides is 2. The van der Waals surface area contributed by atoms with Gasteiger partial charge in [0.1, 0.15) is 0 Å². The van der Waals surface area contributed by atoms with Crippen molar-refractivity contribution in [1.29, 1.82) is 0 Å². The van der Waals surface area contributed by atoms with Crippen molar-refractivity contribution in [3.05, 3.63) is 77.1 Å². The maximum absolute atomic E-state index is 13.2. The molecular formula is C27H30ClN5O3. The Morgan fingerprint density at radius 3 is 2.58 bits per heavy atom. The van der Waals surface area contributed by atoms with E-state index >= 15 is 0 Å². The predicted octanol–water partition coefficient (Wildman–Crippen LogP) is 3.64. The second kappa shape index (κ2) is 11.2. The van der Waals surface area contributed by atoms with Crippen molar-refractivity contribution in [3.8, 4) is 5.69 Å². The van der Waals surface area contributed by atoms with Crippen molar-refractivity contribution in [1.82, 2.24) is 19.6 Å². The Labute approximate surface area is 215 Å². The number of para-hydroxylation sites is 1. The molecule has 188 valence electrons. The topological polar surface area (TPSA) is 79.7 Å². The van der Waals surface area contributed by atoms with E-state index in [4.69, 9.17) is 16.3 Å². The first-order chi connectivity index (χ1) is 17.6. The highest BCUT2D eigenvalue weighted by Gasteiger charge is 2.28. The van der Waals surface area contributed by atoms with Crippen LogP contribution in [0.25, 0.3) is 5.69 Å². The number of aromatic nitrogens is 2. The number of benzene rings is 2. The standard InChI is InChI=1S/C27H30ClN5O3/c28-24-6-1-2-7-25(24)30-26(34)16-20-18-29-33(19-20)23-5-3-4-21(17-23)27(35)32-10-8-22(9-11-32)31-12-14-36-15-13-31/h1-7,17-19,22H,8-16H2,(H,30,34). The highest BCUT2D eigenvalue weighted by atomic mass is 35.5. The number of halogens is 1. The minimum atomic E-state index is -0.174. The lowest BCUT2D eigenvalue weighted by Gasteiger charge is -2.40. The number of carbonyl (C=O) groups is 2. The van der Waals surface area contributed by atoms with Crippen LogP contribution < -0.4 is 5.32 Å². The summed E-state index contributed by atoms with van der Waals surface area (Å²) in [4.78, 5) is 30.1. The summed E-state index contributed by atoms with van der Waals surface area (Å²) in [5.74, 6) is -0.129. The van der Waals surface area contributed by atoms with Crippen molar-refractivity contribution < 1.29 is 14.3 Å². The second-order valence-corrected chi connectivity index (χ2v) is 9.63. The molecule has 36 heavy (non-hydrogen) atoms. The number of nitrogens with one attached hydrogen (secondary N) is 1. The van der Waals surface area contributed by atoms with E-state index in [9.17, 15) is 9.59 Å². The third-order valence-electron chi connectivity index (χ3n) is 6.82. The van der Waals surface area contributed by atoms with Gasteiger partial charge in [-0.15, -0.1) is 0 Å². The van der Waals surface area contributed by atoms with Gasteiger partial charge in [-0.2, -0.15) is 5.10 Å². The van der Waals surface area contributed by atoms with Gasteiger partial charge in [0.05, 0.1) is 42.2 Å². The number of anilines is 1. The van der Waals surface area contributed by atoms with E-state index in [1.54, 1.807) is 23.0 Å². The number of likely N-dealkylation sites (tertiary alicyclic amines) is 1. The molecule has 0 spiro atoms. The molecule has 5 rings (SSSR count). The summed E-state index contributed by atoms with van der Waals surface area (Å²) in [6.45, 7) is 5.08. The maximum Gasteiger partial charge on any atom is 0.253 e. The number of ether oxygens (including phenoxy) is 1. The summed E-state index contributed by atoms with van der Waals surface area (Å²) < 4.78 is 7.16. The molecular weight excluding hydrogens is 478 g/mol. The van der Waals surface area contributed by atoms with Gasteiger partial charge in [-0.3, -0.25) is 14.5 Å². The SMILES string of the molecule is O=C(Cc1cnn(-c2cccc(C(=O)N3CCC(N4CCOCC4)CC3)c2)c1)Nc1ccccc1Cl. The Kier molecular flexibility index (Phi) is 7.65. The summed E-state index contributed by atoms with van der Waals surface area (Å²) in [5.41, 5.74) is 2.77. The van der Waals surface area contributed by atoms with Crippen molar-refractivity contribution >= 4 is 29.1 Å². The van der Waals surface area contributed by atoms with Gasteiger partial charge in [0, 0.05) is 44.0 Å². The fourth-order valence-electron chi connectivity index (χ4n) is 4.88. The summed E-state index contributed by atoms with van der Waals surface area (Å²) in [6, 6.07) is 15.1. The second-order valence-electron chi connectivity index (χ2n) is 9.22. The van der Waals surface area contributed by atoms with Crippen LogP contribution in [-0.2, 0) is 16.0 Å². The minimum absolute atomic E-state index is 0.0452. The number of hydrogen-bond acceptors (Lipinski definition) is 5. The Morgan fingerprint density at radius 1 is 1.03 bits per heavy atom. The largest absolute Gasteiger partial charge is 0.379 e. The van der Waals surface area contributed by atoms with Crippen LogP contribution in [-0.4, -0.2) is 76.8 Å². The van der Waals surface area contributed by atoms with Gasteiger partial charge in [0.15, 0.2) is 0 Å². The molecule has 0 aliphatic carbocycles. The molecule has 1 aromatic heterocycles.